The molecule has 1 aromatic rings. The van der Waals surface area contributed by atoms with E-state index in [9.17, 15) is 14.4 Å². The Labute approximate surface area is 138 Å². The molecule has 0 fully saturated rings. The molecule has 0 atom stereocenters. The molecule has 0 radical (unpaired) electrons. The summed E-state index contributed by atoms with van der Waals surface area (Å²) in [4.78, 5) is 36.8. The number of carbonyl (C=O) groups excluding carboxylic acids is 3. The lowest BCUT2D eigenvalue weighted by atomic mass is 10.1. The molecule has 0 aliphatic carbocycles. The lowest BCUT2D eigenvalue weighted by Gasteiger charge is -2.13. The first-order valence-electron chi connectivity index (χ1n) is 7.20. The third-order valence-electron chi connectivity index (χ3n) is 3.20. The van der Waals surface area contributed by atoms with Crippen LogP contribution in [0.5, 0.6) is 0 Å². The first-order valence-corrected chi connectivity index (χ1v) is 8.35. The lowest BCUT2D eigenvalue weighted by Crippen LogP contribution is -2.32. The zero-order valence-corrected chi connectivity index (χ0v) is 13.6. The maximum atomic E-state index is 12.2. The molecular weight excluding hydrogens is 316 g/mol. The second kappa shape index (κ2) is 7.82. The van der Waals surface area contributed by atoms with Gasteiger partial charge in [-0.15, -0.1) is 0 Å². The number of hydrogen-bond donors (Lipinski definition) is 1. The maximum absolute atomic E-state index is 12.2. The summed E-state index contributed by atoms with van der Waals surface area (Å²) in [5, 5.41) is 0. The smallest absolute Gasteiger partial charge is 0.332 e. The molecule has 0 saturated carbocycles. The minimum absolute atomic E-state index is 0.263. The largest absolute Gasteiger partial charge is 0.463 e. The summed E-state index contributed by atoms with van der Waals surface area (Å²) in [7, 11) is 0. The van der Waals surface area contributed by atoms with Crippen molar-refractivity contribution in [2.45, 2.75) is 6.92 Å². The van der Waals surface area contributed by atoms with Gasteiger partial charge in [-0.2, -0.15) is 11.8 Å². The predicted octanol–water partition coefficient (Wildman–Crippen LogP) is 1.42. The Bertz CT molecular complexity index is 622. The Kier molecular flexibility index (Phi) is 5.81. The van der Waals surface area contributed by atoms with Crippen molar-refractivity contribution in [1.82, 2.24) is 4.90 Å². The van der Waals surface area contributed by atoms with Gasteiger partial charge in [-0.25, -0.2) is 4.79 Å². The number of benzene rings is 1. The minimum atomic E-state index is -0.467. The Morgan fingerprint density at radius 3 is 2.43 bits per heavy atom. The van der Waals surface area contributed by atoms with Gasteiger partial charge in [0, 0.05) is 29.8 Å². The number of esters is 1. The standard InChI is InChI=1S/C16H18N2O4S/c1-2-22-14(19)9-11(17)10-23-8-7-18-15(20)12-5-3-4-6-13(12)16(18)21/h3-6,9H,2,7-8,10,17H2,1H3/b11-9-. The Balaban J connectivity index is 1.81. The highest BCUT2D eigenvalue weighted by atomic mass is 32.2. The molecule has 7 heteroatoms. The van der Waals surface area contributed by atoms with Crippen molar-refractivity contribution in [2.75, 3.05) is 24.7 Å². The lowest BCUT2D eigenvalue weighted by molar-refractivity contribution is -0.137. The number of carbonyl (C=O) groups is 3. The van der Waals surface area contributed by atoms with Gasteiger partial charge in [0.15, 0.2) is 0 Å². The van der Waals surface area contributed by atoms with Crippen LogP contribution in [0.25, 0.3) is 0 Å². The first-order chi connectivity index (χ1) is 11.0. The Hall–Kier alpha value is -2.28. The molecule has 0 unspecified atom stereocenters. The van der Waals surface area contributed by atoms with Gasteiger partial charge in [-0.05, 0) is 19.1 Å². The van der Waals surface area contributed by atoms with Crippen LogP contribution in [0.4, 0.5) is 0 Å². The van der Waals surface area contributed by atoms with Crippen molar-refractivity contribution in [2.24, 2.45) is 5.73 Å². The van der Waals surface area contributed by atoms with Crippen molar-refractivity contribution >= 4 is 29.5 Å². The molecule has 0 saturated heterocycles. The summed E-state index contributed by atoms with van der Waals surface area (Å²) in [6.07, 6.45) is 1.25. The van der Waals surface area contributed by atoms with Crippen LogP contribution < -0.4 is 5.73 Å². The first kappa shape index (κ1) is 17.1. The number of ether oxygens (including phenoxy) is 1. The number of amides is 2. The highest BCUT2D eigenvalue weighted by Crippen LogP contribution is 2.22. The van der Waals surface area contributed by atoms with Crippen molar-refractivity contribution in [3.63, 3.8) is 0 Å². The molecule has 2 rings (SSSR count). The fourth-order valence-electron chi connectivity index (χ4n) is 2.17. The van der Waals surface area contributed by atoms with Gasteiger partial charge in [-0.3, -0.25) is 14.5 Å². The fourth-order valence-corrected chi connectivity index (χ4v) is 2.94. The molecule has 1 heterocycles. The summed E-state index contributed by atoms with van der Waals surface area (Å²) in [6.45, 7) is 2.33. The maximum Gasteiger partial charge on any atom is 0.332 e. The topological polar surface area (TPSA) is 89.7 Å². The summed E-state index contributed by atoms with van der Waals surface area (Å²) >= 11 is 1.44. The molecular formula is C16H18N2O4S. The van der Waals surface area contributed by atoms with Gasteiger partial charge in [0.2, 0.25) is 0 Å². The van der Waals surface area contributed by atoms with Crippen molar-refractivity contribution in [1.29, 1.82) is 0 Å². The zero-order chi connectivity index (χ0) is 16.8. The summed E-state index contributed by atoms with van der Waals surface area (Å²) in [5.41, 5.74) is 7.01. The highest BCUT2D eigenvalue weighted by Gasteiger charge is 2.34. The van der Waals surface area contributed by atoms with Crippen LogP contribution >= 0.6 is 11.8 Å². The minimum Gasteiger partial charge on any atom is -0.463 e. The van der Waals surface area contributed by atoms with Gasteiger partial charge < -0.3 is 10.5 Å². The van der Waals surface area contributed by atoms with Crippen LogP contribution in [-0.4, -0.2) is 47.3 Å². The van der Waals surface area contributed by atoms with Crippen LogP contribution in [0, 0.1) is 0 Å². The predicted molar refractivity (Wildman–Crippen MR) is 88.0 cm³/mol. The van der Waals surface area contributed by atoms with Crippen LogP contribution in [0.15, 0.2) is 36.0 Å². The average Bonchev–Trinajstić information content (AvgIpc) is 2.76. The van der Waals surface area contributed by atoms with E-state index >= 15 is 0 Å². The van der Waals surface area contributed by atoms with Gasteiger partial charge in [0.1, 0.15) is 0 Å². The normalized spacial score (nSPS) is 14.1. The van der Waals surface area contributed by atoms with Gasteiger partial charge in [0.05, 0.1) is 17.7 Å². The van der Waals surface area contributed by atoms with Gasteiger partial charge in [0.25, 0.3) is 11.8 Å². The summed E-state index contributed by atoms with van der Waals surface area (Å²) in [6, 6.07) is 6.79. The SMILES string of the molecule is CCOC(=O)/C=C(\N)CSCCN1C(=O)c2ccccc2C1=O. The molecule has 1 aromatic carbocycles. The van der Waals surface area contributed by atoms with E-state index < -0.39 is 5.97 Å². The van der Waals surface area contributed by atoms with Crippen molar-refractivity contribution in [3.05, 3.63) is 47.2 Å². The van der Waals surface area contributed by atoms with Crippen molar-refractivity contribution < 1.29 is 19.1 Å². The monoisotopic (exact) mass is 334 g/mol. The van der Waals surface area contributed by atoms with E-state index in [1.54, 1.807) is 31.2 Å². The Morgan fingerprint density at radius 1 is 1.26 bits per heavy atom. The van der Waals surface area contributed by atoms with E-state index in [2.05, 4.69) is 0 Å². The zero-order valence-electron chi connectivity index (χ0n) is 12.8. The molecule has 0 aromatic heterocycles. The van der Waals surface area contributed by atoms with Gasteiger partial charge >= 0.3 is 5.97 Å². The number of hydrogen-bond acceptors (Lipinski definition) is 6. The van der Waals surface area contributed by atoms with Crippen LogP contribution in [-0.2, 0) is 9.53 Å². The quantitative estimate of drug-likeness (QED) is 0.351. The number of fused-ring (bicyclic) bond motifs is 1. The fraction of sp³-hybridized carbons (Fsp3) is 0.312. The van der Waals surface area contributed by atoms with Gasteiger partial charge in [-0.1, -0.05) is 12.1 Å². The molecule has 2 N–H and O–H groups in total. The number of nitrogens with two attached hydrogens (primary N) is 1. The third-order valence-corrected chi connectivity index (χ3v) is 4.20. The summed E-state index contributed by atoms with van der Waals surface area (Å²) < 4.78 is 4.76. The molecule has 0 spiro atoms. The molecule has 6 nitrogen and oxygen atoms in total. The van der Waals surface area contributed by atoms with E-state index in [0.29, 0.717) is 41.5 Å². The molecule has 23 heavy (non-hydrogen) atoms. The second-order valence-electron chi connectivity index (χ2n) is 4.83. The van der Waals surface area contributed by atoms with Crippen molar-refractivity contribution in [3.8, 4) is 0 Å². The molecule has 1 aliphatic heterocycles. The van der Waals surface area contributed by atoms with E-state index in [4.69, 9.17) is 10.5 Å². The number of nitrogens with zero attached hydrogens (tertiary/aromatic N) is 1. The number of rotatable bonds is 7. The van der Waals surface area contributed by atoms with E-state index in [1.807, 2.05) is 0 Å². The Morgan fingerprint density at radius 2 is 1.87 bits per heavy atom. The molecule has 0 bridgehead atoms. The number of imide groups is 1. The summed E-state index contributed by atoms with van der Waals surface area (Å²) in [5.74, 6) is -0.0152. The second-order valence-corrected chi connectivity index (χ2v) is 5.94. The molecule has 2 amide bonds. The van der Waals surface area contributed by atoms with Crippen LogP contribution in [0.2, 0.25) is 0 Å². The van der Waals surface area contributed by atoms with Crippen LogP contribution in [0.3, 0.4) is 0 Å². The van der Waals surface area contributed by atoms with E-state index in [1.165, 1.54) is 22.7 Å². The average molecular weight is 334 g/mol. The third kappa shape index (κ3) is 4.13. The highest BCUT2D eigenvalue weighted by molar-refractivity contribution is 7.99. The van der Waals surface area contributed by atoms with E-state index in [0.717, 1.165) is 0 Å². The molecule has 1 aliphatic rings. The molecule has 122 valence electrons. The van der Waals surface area contributed by atoms with Crippen LogP contribution in [0.1, 0.15) is 27.6 Å². The van der Waals surface area contributed by atoms with E-state index in [-0.39, 0.29) is 11.8 Å². The number of thioether (sulfide) groups is 1.